The Morgan fingerprint density at radius 3 is 2.58 bits per heavy atom. The Balaban J connectivity index is 1.11. The van der Waals surface area contributed by atoms with Crippen molar-refractivity contribution in [1.29, 1.82) is 5.26 Å². The van der Waals surface area contributed by atoms with Gasteiger partial charge in [0.15, 0.2) is 0 Å². The minimum atomic E-state index is -4.28. The third-order valence-corrected chi connectivity index (χ3v) is 9.57. The van der Waals surface area contributed by atoms with Crippen LogP contribution >= 0.6 is 11.3 Å². The number of nitriles is 1. The summed E-state index contributed by atoms with van der Waals surface area (Å²) in [6.07, 6.45) is -1.73. The summed E-state index contributed by atoms with van der Waals surface area (Å²) in [5, 5.41) is 20.8. The number of alkyl halides is 3. The van der Waals surface area contributed by atoms with Gasteiger partial charge in [0, 0.05) is 60.1 Å². The maximum absolute atomic E-state index is 13.0. The number of benzene rings is 1. The van der Waals surface area contributed by atoms with Crippen molar-refractivity contribution >= 4 is 50.1 Å². The maximum Gasteiger partial charge on any atom is 0.393 e. The van der Waals surface area contributed by atoms with Crippen molar-refractivity contribution in [3.63, 3.8) is 0 Å². The minimum Gasteiger partial charge on any atom is -0.367 e. The van der Waals surface area contributed by atoms with Gasteiger partial charge in [-0.2, -0.15) is 23.4 Å². The van der Waals surface area contributed by atoms with Gasteiger partial charge in [0.25, 0.3) is 0 Å². The van der Waals surface area contributed by atoms with Crippen molar-refractivity contribution in [3.8, 4) is 6.07 Å². The first-order valence-corrected chi connectivity index (χ1v) is 15.9. The molecule has 1 aliphatic heterocycles. The predicted octanol–water partition coefficient (Wildman–Crippen LogP) is 6.09. The average Bonchev–Trinajstić information content (AvgIpc) is 3.68. The Labute approximate surface area is 263 Å². The monoisotopic (exact) mass is 636 g/mol. The molecule has 4 heterocycles. The lowest BCUT2D eigenvalue weighted by Crippen LogP contribution is -2.39. The van der Waals surface area contributed by atoms with Crippen LogP contribution in [0.2, 0.25) is 0 Å². The van der Waals surface area contributed by atoms with Crippen molar-refractivity contribution in [2.45, 2.75) is 64.3 Å². The molecule has 2 aliphatic rings. The third-order valence-electron chi connectivity index (χ3n) is 8.54. The number of aryl methyl sites for hydroxylation is 1. The van der Waals surface area contributed by atoms with E-state index in [-0.39, 0.29) is 22.7 Å². The number of amides is 1. The number of halogens is 3. The van der Waals surface area contributed by atoms with E-state index >= 15 is 0 Å². The molecular weight excluding hydrogens is 601 g/mol. The van der Waals surface area contributed by atoms with E-state index in [4.69, 9.17) is 0 Å². The van der Waals surface area contributed by atoms with E-state index in [1.165, 1.54) is 5.56 Å². The van der Waals surface area contributed by atoms with Crippen molar-refractivity contribution in [2.24, 2.45) is 5.92 Å². The van der Waals surface area contributed by atoms with Gasteiger partial charge in [0.1, 0.15) is 22.4 Å². The van der Waals surface area contributed by atoms with Gasteiger partial charge < -0.3 is 20.5 Å². The Hall–Kier alpha value is -4.15. The number of rotatable bonds is 10. The van der Waals surface area contributed by atoms with Crippen LogP contribution in [0.15, 0.2) is 36.5 Å². The molecule has 3 N–H and O–H groups in total. The van der Waals surface area contributed by atoms with Gasteiger partial charge >= 0.3 is 6.18 Å². The highest BCUT2D eigenvalue weighted by Crippen LogP contribution is 2.35. The Bertz CT molecular complexity index is 1810. The summed E-state index contributed by atoms with van der Waals surface area (Å²) in [6.45, 7) is 8.89. The molecule has 9 nitrogen and oxygen atoms in total. The summed E-state index contributed by atoms with van der Waals surface area (Å²) in [4.78, 5) is 24.2. The number of nitrogens with one attached hydrogen (secondary N) is 3. The lowest BCUT2D eigenvalue weighted by atomic mass is 10.0. The first-order valence-electron chi connectivity index (χ1n) is 15.1. The van der Waals surface area contributed by atoms with Gasteiger partial charge in [-0.05, 0) is 61.9 Å². The van der Waals surface area contributed by atoms with E-state index in [0.29, 0.717) is 39.9 Å². The fourth-order valence-electron chi connectivity index (χ4n) is 5.96. The minimum absolute atomic E-state index is 0.00184. The molecule has 1 aromatic carbocycles. The topological polar surface area (TPSA) is 111 Å². The zero-order valence-electron chi connectivity index (χ0n) is 25.2. The molecule has 45 heavy (non-hydrogen) atoms. The lowest BCUT2D eigenvalue weighted by molar-refractivity contribution is -0.126. The number of anilines is 2. The van der Waals surface area contributed by atoms with Crippen LogP contribution in [0.4, 0.5) is 24.9 Å². The highest BCUT2D eigenvalue weighted by molar-refractivity contribution is 7.18. The summed E-state index contributed by atoms with van der Waals surface area (Å²) in [5.74, 6) is 1.01. The number of hydrogen-bond acceptors (Lipinski definition) is 8. The number of aromatic nitrogens is 3. The van der Waals surface area contributed by atoms with E-state index in [1.54, 1.807) is 13.1 Å². The SMILES string of the molecule is C=C(Cn1c(C#N)cc2c(C)c(CN3CCC(Nc4nc(NC)nc5sc(CC(F)(F)F)cc45)CC3)ccc21)NC(=O)C1CC1. The molecule has 6 rings (SSSR count). The molecule has 4 aromatic rings. The number of likely N-dealkylation sites (tertiary alicyclic amines) is 1. The highest BCUT2D eigenvalue weighted by atomic mass is 32.1. The molecule has 0 bridgehead atoms. The molecule has 236 valence electrons. The number of thiophene rings is 1. The van der Waals surface area contributed by atoms with E-state index in [2.05, 4.69) is 56.5 Å². The van der Waals surface area contributed by atoms with Crippen LogP contribution in [0.5, 0.6) is 0 Å². The molecule has 1 aliphatic carbocycles. The maximum atomic E-state index is 13.0. The fraction of sp³-hybridized carbons (Fsp3) is 0.438. The van der Waals surface area contributed by atoms with Gasteiger partial charge in [-0.3, -0.25) is 9.69 Å². The van der Waals surface area contributed by atoms with E-state index < -0.39 is 12.6 Å². The number of fused-ring (bicyclic) bond motifs is 2. The summed E-state index contributed by atoms with van der Waals surface area (Å²) in [6, 6.07) is 10.0. The van der Waals surface area contributed by atoms with Gasteiger partial charge in [-0.15, -0.1) is 11.3 Å². The fourth-order valence-corrected chi connectivity index (χ4v) is 7.01. The molecule has 3 aromatic heterocycles. The lowest BCUT2D eigenvalue weighted by Gasteiger charge is -2.33. The molecule has 0 spiro atoms. The molecule has 2 fully saturated rings. The third kappa shape index (κ3) is 6.92. The summed E-state index contributed by atoms with van der Waals surface area (Å²) in [7, 11) is 1.69. The van der Waals surface area contributed by atoms with Crippen molar-refractivity contribution < 1.29 is 18.0 Å². The van der Waals surface area contributed by atoms with Gasteiger partial charge in [-0.1, -0.05) is 12.6 Å². The largest absolute Gasteiger partial charge is 0.393 e. The molecule has 0 radical (unpaired) electrons. The number of piperidine rings is 1. The summed E-state index contributed by atoms with van der Waals surface area (Å²) in [5.41, 5.74) is 4.33. The van der Waals surface area contributed by atoms with Crippen LogP contribution in [-0.4, -0.2) is 57.7 Å². The molecular formula is C32H35F3N8OS. The average molecular weight is 637 g/mol. The first-order chi connectivity index (χ1) is 21.5. The van der Waals surface area contributed by atoms with Crippen LogP contribution in [0.3, 0.4) is 0 Å². The quantitative estimate of drug-likeness (QED) is 0.193. The zero-order chi connectivity index (χ0) is 31.9. The standard InChI is InChI=1S/C32H35F3N8OS/c1-18(38-29(44)20-4-5-20)16-43-23(15-36)12-25-19(2)21(6-7-27(25)43)17-42-10-8-22(9-11-42)39-28-26-13-24(14-32(33,34)35)45-30(26)41-31(37-3)40-28/h6-7,12-13,20,22H,1,4-5,8-11,14,16-17H2,2-3H3,(H,38,44)(H2,37,39,40,41). The molecule has 1 amide bonds. The smallest absolute Gasteiger partial charge is 0.367 e. The number of allylic oxidation sites excluding steroid dienone is 1. The van der Waals surface area contributed by atoms with Crippen LogP contribution < -0.4 is 16.0 Å². The van der Waals surface area contributed by atoms with E-state index in [9.17, 15) is 23.2 Å². The van der Waals surface area contributed by atoms with E-state index in [1.807, 2.05) is 16.7 Å². The second-order valence-corrected chi connectivity index (χ2v) is 13.1. The highest BCUT2D eigenvalue weighted by Gasteiger charge is 2.31. The van der Waals surface area contributed by atoms with Crippen molar-refractivity contribution in [1.82, 2.24) is 24.8 Å². The summed E-state index contributed by atoms with van der Waals surface area (Å²) < 4.78 is 41.0. The number of hydrogen-bond donors (Lipinski definition) is 3. The molecule has 13 heteroatoms. The molecule has 0 atom stereocenters. The number of carbonyl (C=O) groups excluding carboxylic acids is 1. The molecule has 0 unspecified atom stereocenters. The molecule has 1 saturated carbocycles. The van der Waals surface area contributed by atoms with Crippen molar-refractivity contribution in [3.05, 3.63) is 58.2 Å². The van der Waals surface area contributed by atoms with Crippen LogP contribution in [-0.2, 0) is 24.3 Å². The second kappa shape index (κ2) is 12.3. The Morgan fingerprint density at radius 2 is 1.91 bits per heavy atom. The van der Waals surface area contributed by atoms with E-state index in [0.717, 1.165) is 73.1 Å². The predicted molar refractivity (Wildman–Crippen MR) is 170 cm³/mol. The van der Waals surface area contributed by atoms with Crippen LogP contribution in [0, 0.1) is 24.2 Å². The Morgan fingerprint density at radius 1 is 1.16 bits per heavy atom. The zero-order valence-corrected chi connectivity index (χ0v) is 26.0. The summed E-state index contributed by atoms with van der Waals surface area (Å²) >= 11 is 1.05. The van der Waals surface area contributed by atoms with Crippen LogP contribution in [0.25, 0.3) is 21.1 Å². The molecule has 1 saturated heterocycles. The van der Waals surface area contributed by atoms with Gasteiger partial charge in [0.2, 0.25) is 11.9 Å². The van der Waals surface area contributed by atoms with Crippen LogP contribution in [0.1, 0.15) is 47.4 Å². The number of nitrogens with zero attached hydrogens (tertiary/aromatic N) is 5. The van der Waals surface area contributed by atoms with Gasteiger partial charge in [0.05, 0.1) is 18.4 Å². The van der Waals surface area contributed by atoms with Crippen molar-refractivity contribution in [2.75, 3.05) is 30.8 Å². The number of carbonyl (C=O) groups is 1. The Kier molecular flexibility index (Phi) is 8.45. The first kappa shape index (κ1) is 30.9. The second-order valence-electron chi connectivity index (χ2n) is 11.9. The van der Waals surface area contributed by atoms with Gasteiger partial charge in [-0.25, -0.2) is 4.98 Å². The normalized spacial score (nSPS) is 16.2.